The monoisotopic (exact) mass is 256 g/mol. The fourth-order valence-electron chi connectivity index (χ4n) is 3.03. The molecule has 2 fully saturated rings. The van der Waals surface area contributed by atoms with Crippen LogP contribution in [0.5, 0.6) is 0 Å². The highest BCUT2D eigenvalue weighted by Gasteiger charge is 2.37. The molecule has 2 rings (SSSR count). The summed E-state index contributed by atoms with van der Waals surface area (Å²) in [5, 5.41) is 9.86. The first-order valence-corrected chi connectivity index (χ1v) is 7.64. The van der Waals surface area contributed by atoms with E-state index in [1.807, 2.05) is 0 Å². The molecule has 2 saturated heterocycles. The molecule has 106 valence electrons. The van der Waals surface area contributed by atoms with Crippen LogP contribution in [-0.4, -0.2) is 37.6 Å². The van der Waals surface area contributed by atoms with Crippen molar-refractivity contribution in [3.8, 4) is 0 Å². The lowest BCUT2D eigenvalue weighted by Gasteiger charge is -2.42. The standard InChI is InChI=1S/C15H28O3/c1-2-3-5-14(16)6-4-7-15(12-8-17-9-12)13-10-18-11-13/h12-16H,2-11H2,1H3. The van der Waals surface area contributed by atoms with E-state index >= 15 is 0 Å². The van der Waals surface area contributed by atoms with E-state index in [1.54, 1.807) is 0 Å². The smallest absolute Gasteiger partial charge is 0.0540 e. The molecular weight excluding hydrogens is 228 g/mol. The lowest BCUT2D eigenvalue weighted by atomic mass is 9.76. The summed E-state index contributed by atoms with van der Waals surface area (Å²) in [4.78, 5) is 0. The summed E-state index contributed by atoms with van der Waals surface area (Å²) in [6.07, 6.45) is 6.59. The number of unbranched alkanes of at least 4 members (excludes halogenated alkanes) is 1. The van der Waals surface area contributed by atoms with E-state index in [9.17, 15) is 5.11 Å². The Hall–Kier alpha value is -0.120. The normalized spacial score (nSPS) is 22.8. The second-order valence-corrected chi connectivity index (χ2v) is 5.99. The molecule has 3 nitrogen and oxygen atoms in total. The second kappa shape index (κ2) is 7.46. The van der Waals surface area contributed by atoms with Crippen LogP contribution >= 0.6 is 0 Å². The van der Waals surface area contributed by atoms with Gasteiger partial charge in [0.05, 0.1) is 32.5 Å². The van der Waals surface area contributed by atoms with Gasteiger partial charge in [-0.1, -0.05) is 26.2 Å². The van der Waals surface area contributed by atoms with Crippen LogP contribution in [0.25, 0.3) is 0 Å². The van der Waals surface area contributed by atoms with E-state index < -0.39 is 0 Å². The number of rotatable bonds is 9. The van der Waals surface area contributed by atoms with Crippen LogP contribution in [0.2, 0.25) is 0 Å². The van der Waals surface area contributed by atoms with Gasteiger partial charge in [0.15, 0.2) is 0 Å². The highest BCUT2D eigenvalue weighted by atomic mass is 16.5. The Morgan fingerprint density at radius 2 is 1.50 bits per heavy atom. The third-order valence-electron chi connectivity index (χ3n) is 4.50. The van der Waals surface area contributed by atoms with Gasteiger partial charge in [-0.3, -0.25) is 0 Å². The van der Waals surface area contributed by atoms with Gasteiger partial charge < -0.3 is 14.6 Å². The fourth-order valence-corrected chi connectivity index (χ4v) is 3.03. The Kier molecular flexibility index (Phi) is 5.93. The molecule has 0 aliphatic carbocycles. The lowest BCUT2D eigenvalue weighted by Crippen LogP contribution is -2.44. The third kappa shape index (κ3) is 3.94. The predicted molar refractivity (Wildman–Crippen MR) is 71.5 cm³/mol. The van der Waals surface area contributed by atoms with Gasteiger partial charge in [0.25, 0.3) is 0 Å². The second-order valence-electron chi connectivity index (χ2n) is 5.99. The average molecular weight is 256 g/mol. The number of hydrogen-bond donors (Lipinski definition) is 1. The summed E-state index contributed by atoms with van der Waals surface area (Å²) in [7, 11) is 0. The molecule has 0 aromatic heterocycles. The third-order valence-corrected chi connectivity index (χ3v) is 4.50. The van der Waals surface area contributed by atoms with Gasteiger partial charge in [-0.25, -0.2) is 0 Å². The Morgan fingerprint density at radius 1 is 0.944 bits per heavy atom. The van der Waals surface area contributed by atoms with Gasteiger partial charge in [0, 0.05) is 11.8 Å². The first-order valence-electron chi connectivity index (χ1n) is 7.64. The summed E-state index contributed by atoms with van der Waals surface area (Å²) in [6, 6.07) is 0. The van der Waals surface area contributed by atoms with Crippen LogP contribution in [0.3, 0.4) is 0 Å². The maximum absolute atomic E-state index is 9.86. The van der Waals surface area contributed by atoms with Crippen molar-refractivity contribution in [1.29, 1.82) is 0 Å². The zero-order valence-electron chi connectivity index (χ0n) is 11.6. The van der Waals surface area contributed by atoms with Crippen LogP contribution in [0, 0.1) is 17.8 Å². The van der Waals surface area contributed by atoms with Gasteiger partial charge >= 0.3 is 0 Å². The molecule has 2 heterocycles. The topological polar surface area (TPSA) is 38.7 Å². The molecule has 1 N–H and O–H groups in total. The molecule has 0 aromatic rings. The van der Waals surface area contributed by atoms with Crippen LogP contribution in [-0.2, 0) is 9.47 Å². The van der Waals surface area contributed by atoms with Gasteiger partial charge in [-0.05, 0) is 25.2 Å². The first kappa shape index (κ1) is 14.3. The van der Waals surface area contributed by atoms with Crippen LogP contribution in [0.4, 0.5) is 0 Å². The van der Waals surface area contributed by atoms with Crippen molar-refractivity contribution >= 4 is 0 Å². The van der Waals surface area contributed by atoms with Crippen molar-refractivity contribution in [2.75, 3.05) is 26.4 Å². The molecule has 1 unspecified atom stereocenters. The Bertz CT molecular complexity index is 210. The number of hydrogen-bond acceptors (Lipinski definition) is 3. The highest BCUT2D eigenvalue weighted by Crippen LogP contribution is 2.35. The van der Waals surface area contributed by atoms with Crippen LogP contribution < -0.4 is 0 Å². The molecule has 0 radical (unpaired) electrons. The molecule has 3 heteroatoms. The van der Waals surface area contributed by atoms with E-state index in [-0.39, 0.29) is 6.10 Å². The number of aliphatic hydroxyl groups excluding tert-OH is 1. The molecule has 0 saturated carbocycles. The molecule has 0 aromatic carbocycles. The molecule has 1 atom stereocenters. The summed E-state index contributed by atoms with van der Waals surface area (Å²) >= 11 is 0. The summed E-state index contributed by atoms with van der Waals surface area (Å²) in [5.74, 6) is 2.28. The summed E-state index contributed by atoms with van der Waals surface area (Å²) in [5.41, 5.74) is 0. The van der Waals surface area contributed by atoms with E-state index in [0.717, 1.165) is 69.9 Å². The molecule has 18 heavy (non-hydrogen) atoms. The van der Waals surface area contributed by atoms with Crippen molar-refractivity contribution in [1.82, 2.24) is 0 Å². The maximum Gasteiger partial charge on any atom is 0.0540 e. The summed E-state index contributed by atoms with van der Waals surface area (Å²) in [6.45, 7) is 5.95. The Morgan fingerprint density at radius 3 is 1.94 bits per heavy atom. The van der Waals surface area contributed by atoms with Gasteiger partial charge in [-0.2, -0.15) is 0 Å². The molecule has 2 aliphatic rings. The van der Waals surface area contributed by atoms with E-state index in [2.05, 4.69) is 6.92 Å². The average Bonchev–Trinajstić information content (AvgIpc) is 2.21. The molecule has 0 bridgehead atoms. The highest BCUT2D eigenvalue weighted by molar-refractivity contribution is 4.84. The Balaban J connectivity index is 1.62. The Labute approximate surface area is 111 Å². The number of ether oxygens (including phenoxy) is 2. The zero-order valence-corrected chi connectivity index (χ0v) is 11.6. The molecule has 2 aliphatic heterocycles. The van der Waals surface area contributed by atoms with Crippen LogP contribution in [0.1, 0.15) is 45.4 Å². The fraction of sp³-hybridized carbons (Fsp3) is 1.00. The minimum atomic E-state index is -0.0825. The quantitative estimate of drug-likeness (QED) is 0.689. The van der Waals surface area contributed by atoms with Gasteiger partial charge in [0.2, 0.25) is 0 Å². The predicted octanol–water partition coefficient (Wildman–Crippen LogP) is 2.62. The number of aliphatic hydroxyl groups is 1. The van der Waals surface area contributed by atoms with E-state index in [1.165, 1.54) is 12.8 Å². The minimum absolute atomic E-state index is 0.0825. The van der Waals surface area contributed by atoms with E-state index in [0.29, 0.717) is 0 Å². The van der Waals surface area contributed by atoms with Crippen molar-refractivity contribution < 1.29 is 14.6 Å². The first-order chi connectivity index (χ1) is 8.81. The van der Waals surface area contributed by atoms with E-state index in [4.69, 9.17) is 9.47 Å². The molecule has 0 amide bonds. The molecular formula is C15H28O3. The molecule has 0 spiro atoms. The van der Waals surface area contributed by atoms with Crippen LogP contribution in [0.15, 0.2) is 0 Å². The maximum atomic E-state index is 9.86. The summed E-state index contributed by atoms with van der Waals surface area (Å²) < 4.78 is 10.6. The van der Waals surface area contributed by atoms with Crippen molar-refractivity contribution in [2.45, 2.75) is 51.6 Å². The van der Waals surface area contributed by atoms with Crippen molar-refractivity contribution in [3.05, 3.63) is 0 Å². The SMILES string of the molecule is CCCCC(O)CCCC(C1COC1)C1COC1. The van der Waals surface area contributed by atoms with Crippen molar-refractivity contribution in [3.63, 3.8) is 0 Å². The van der Waals surface area contributed by atoms with Crippen molar-refractivity contribution in [2.24, 2.45) is 17.8 Å². The van der Waals surface area contributed by atoms with Gasteiger partial charge in [-0.15, -0.1) is 0 Å². The van der Waals surface area contributed by atoms with Gasteiger partial charge in [0.1, 0.15) is 0 Å². The zero-order chi connectivity index (χ0) is 12.8. The minimum Gasteiger partial charge on any atom is -0.393 e. The largest absolute Gasteiger partial charge is 0.393 e. The lowest BCUT2D eigenvalue weighted by molar-refractivity contribution is -0.130.